The van der Waals surface area contributed by atoms with E-state index in [0.717, 1.165) is 30.7 Å². The molecule has 0 saturated heterocycles. The molecule has 1 heterocycles. The average Bonchev–Trinajstić information content (AvgIpc) is 2.20. The summed E-state index contributed by atoms with van der Waals surface area (Å²) in [5.41, 5.74) is 2.50. The van der Waals surface area contributed by atoms with Crippen LogP contribution in [0, 0.1) is 11.2 Å². The molecule has 0 aliphatic carbocycles. The molecule has 1 aliphatic heterocycles. The van der Waals surface area contributed by atoms with Gasteiger partial charge in [-0.1, -0.05) is 26.0 Å². The van der Waals surface area contributed by atoms with Crippen LogP contribution < -0.4 is 0 Å². The van der Waals surface area contributed by atoms with Crippen molar-refractivity contribution in [3.05, 3.63) is 35.6 Å². The summed E-state index contributed by atoms with van der Waals surface area (Å²) in [4.78, 5) is 4.58. The number of rotatable bonds is 1. The van der Waals surface area contributed by atoms with Crippen LogP contribution >= 0.6 is 0 Å². The number of aliphatic imine (C=N–C) groups is 1. The van der Waals surface area contributed by atoms with Crippen molar-refractivity contribution in [3.63, 3.8) is 0 Å². The van der Waals surface area contributed by atoms with Crippen molar-refractivity contribution >= 4 is 5.71 Å². The van der Waals surface area contributed by atoms with Crippen LogP contribution in [0.25, 0.3) is 0 Å². The lowest BCUT2D eigenvalue weighted by Crippen LogP contribution is -2.23. The monoisotopic (exact) mass is 205 g/mol. The van der Waals surface area contributed by atoms with Crippen LogP contribution in [0.2, 0.25) is 0 Å². The van der Waals surface area contributed by atoms with E-state index in [4.69, 9.17) is 0 Å². The van der Waals surface area contributed by atoms with E-state index >= 15 is 0 Å². The van der Waals surface area contributed by atoms with Gasteiger partial charge in [-0.05, 0) is 36.0 Å². The van der Waals surface area contributed by atoms with E-state index in [0.29, 0.717) is 5.41 Å². The third-order valence-electron chi connectivity index (χ3n) is 2.91. The first-order valence-electron chi connectivity index (χ1n) is 5.36. The van der Waals surface area contributed by atoms with Gasteiger partial charge < -0.3 is 0 Å². The molecule has 1 aromatic carbocycles. The molecular formula is C13H16FN. The second-order valence-electron chi connectivity index (χ2n) is 4.93. The zero-order chi connectivity index (χ0) is 10.9. The lowest BCUT2D eigenvalue weighted by Gasteiger charge is -2.27. The van der Waals surface area contributed by atoms with E-state index in [-0.39, 0.29) is 5.82 Å². The van der Waals surface area contributed by atoms with Crippen molar-refractivity contribution in [3.8, 4) is 0 Å². The molecule has 0 aromatic heterocycles. The maximum absolute atomic E-state index is 12.7. The van der Waals surface area contributed by atoms with Crippen LogP contribution in [0.4, 0.5) is 4.39 Å². The van der Waals surface area contributed by atoms with Crippen molar-refractivity contribution in [2.75, 3.05) is 6.54 Å². The Balaban J connectivity index is 2.19. The maximum atomic E-state index is 12.7. The maximum Gasteiger partial charge on any atom is 0.123 e. The topological polar surface area (TPSA) is 12.4 Å². The minimum absolute atomic E-state index is 0.185. The Bertz CT molecular complexity index is 376. The minimum atomic E-state index is -0.185. The molecular weight excluding hydrogens is 189 g/mol. The van der Waals surface area contributed by atoms with Crippen LogP contribution in [0.5, 0.6) is 0 Å². The highest BCUT2D eigenvalue weighted by atomic mass is 19.1. The first kappa shape index (κ1) is 10.3. The molecule has 0 bridgehead atoms. The van der Waals surface area contributed by atoms with Crippen molar-refractivity contribution in [1.82, 2.24) is 0 Å². The molecule has 1 aromatic rings. The van der Waals surface area contributed by atoms with Gasteiger partial charge in [-0.3, -0.25) is 4.99 Å². The Labute approximate surface area is 90.0 Å². The summed E-state index contributed by atoms with van der Waals surface area (Å²) in [7, 11) is 0. The van der Waals surface area contributed by atoms with Crippen molar-refractivity contribution < 1.29 is 4.39 Å². The molecule has 15 heavy (non-hydrogen) atoms. The van der Waals surface area contributed by atoms with Gasteiger partial charge in [0.2, 0.25) is 0 Å². The van der Waals surface area contributed by atoms with Gasteiger partial charge in [0.1, 0.15) is 5.82 Å². The zero-order valence-corrected chi connectivity index (χ0v) is 9.26. The molecule has 0 spiro atoms. The van der Waals surface area contributed by atoms with Gasteiger partial charge in [0.05, 0.1) is 0 Å². The summed E-state index contributed by atoms with van der Waals surface area (Å²) in [6.07, 6.45) is 2.15. The minimum Gasteiger partial charge on any atom is -0.289 e. The van der Waals surface area contributed by atoms with E-state index < -0.39 is 0 Å². The van der Waals surface area contributed by atoms with Crippen LogP contribution in [0.1, 0.15) is 32.3 Å². The van der Waals surface area contributed by atoms with Gasteiger partial charge in [0.25, 0.3) is 0 Å². The molecule has 1 nitrogen and oxygen atoms in total. The Kier molecular flexibility index (Phi) is 2.59. The summed E-state index contributed by atoms with van der Waals surface area (Å²) in [5, 5.41) is 0. The van der Waals surface area contributed by atoms with Gasteiger partial charge in [0.15, 0.2) is 0 Å². The molecule has 0 saturated carbocycles. The molecule has 0 unspecified atom stereocenters. The molecule has 0 amide bonds. The largest absolute Gasteiger partial charge is 0.289 e. The van der Waals surface area contributed by atoms with Crippen LogP contribution in [0.3, 0.4) is 0 Å². The number of hydrogen-bond acceptors (Lipinski definition) is 1. The van der Waals surface area contributed by atoms with Crippen molar-refractivity contribution in [1.29, 1.82) is 0 Å². The van der Waals surface area contributed by atoms with E-state index in [1.54, 1.807) is 0 Å². The van der Waals surface area contributed by atoms with E-state index in [1.807, 2.05) is 12.1 Å². The van der Waals surface area contributed by atoms with Gasteiger partial charge in [-0.15, -0.1) is 0 Å². The fourth-order valence-electron chi connectivity index (χ4n) is 1.80. The summed E-state index contributed by atoms with van der Waals surface area (Å²) in [5.74, 6) is -0.185. The first-order valence-corrected chi connectivity index (χ1v) is 5.36. The highest BCUT2D eigenvalue weighted by Crippen LogP contribution is 2.28. The summed E-state index contributed by atoms with van der Waals surface area (Å²) in [6.45, 7) is 5.34. The number of nitrogens with zero attached hydrogens (tertiary/aromatic N) is 1. The standard InChI is InChI=1S/C13H16FN/c1-13(2)8-7-12(15-9-13)10-3-5-11(14)6-4-10/h3-6H,7-9H2,1-2H3. The highest BCUT2D eigenvalue weighted by Gasteiger charge is 2.22. The van der Waals surface area contributed by atoms with Crippen LogP contribution in [-0.4, -0.2) is 12.3 Å². The molecule has 0 radical (unpaired) electrons. The lowest BCUT2D eigenvalue weighted by molar-refractivity contribution is 0.343. The Morgan fingerprint density at radius 2 is 1.87 bits per heavy atom. The quantitative estimate of drug-likeness (QED) is 0.666. The Hall–Kier alpha value is -1.18. The smallest absolute Gasteiger partial charge is 0.123 e. The molecule has 0 fully saturated rings. The Morgan fingerprint density at radius 1 is 1.20 bits per heavy atom. The zero-order valence-electron chi connectivity index (χ0n) is 9.26. The second kappa shape index (κ2) is 3.76. The summed E-state index contributed by atoms with van der Waals surface area (Å²) < 4.78 is 12.7. The number of hydrogen-bond donors (Lipinski definition) is 0. The third kappa shape index (κ3) is 2.44. The van der Waals surface area contributed by atoms with Gasteiger partial charge in [-0.2, -0.15) is 0 Å². The average molecular weight is 205 g/mol. The molecule has 2 rings (SSSR count). The van der Waals surface area contributed by atoms with E-state index in [1.165, 1.54) is 12.1 Å². The van der Waals surface area contributed by atoms with Gasteiger partial charge >= 0.3 is 0 Å². The normalized spacial score (nSPS) is 19.8. The fraction of sp³-hybridized carbons (Fsp3) is 0.462. The fourth-order valence-corrected chi connectivity index (χ4v) is 1.80. The SMILES string of the molecule is CC1(C)CCC(c2ccc(F)cc2)=NC1. The van der Waals surface area contributed by atoms with Gasteiger partial charge in [0, 0.05) is 12.3 Å². The lowest BCUT2D eigenvalue weighted by atomic mass is 9.83. The first-order chi connectivity index (χ1) is 7.07. The van der Waals surface area contributed by atoms with Crippen molar-refractivity contribution in [2.24, 2.45) is 10.4 Å². The molecule has 0 N–H and O–H groups in total. The third-order valence-corrected chi connectivity index (χ3v) is 2.91. The highest BCUT2D eigenvalue weighted by molar-refractivity contribution is 6.00. The molecule has 0 atom stereocenters. The van der Waals surface area contributed by atoms with Gasteiger partial charge in [-0.25, -0.2) is 4.39 Å². The molecule has 1 aliphatic rings. The molecule has 2 heteroatoms. The van der Waals surface area contributed by atoms with Crippen molar-refractivity contribution in [2.45, 2.75) is 26.7 Å². The van der Waals surface area contributed by atoms with E-state index in [9.17, 15) is 4.39 Å². The van der Waals surface area contributed by atoms with Crippen LogP contribution in [-0.2, 0) is 0 Å². The molecule has 80 valence electrons. The predicted molar refractivity (Wildman–Crippen MR) is 60.8 cm³/mol. The second-order valence-corrected chi connectivity index (χ2v) is 4.93. The summed E-state index contributed by atoms with van der Waals surface area (Å²) >= 11 is 0. The predicted octanol–water partition coefficient (Wildman–Crippen LogP) is 3.43. The van der Waals surface area contributed by atoms with Crippen LogP contribution in [0.15, 0.2) is 29.3 Å². The number of halogens is 1. The van der Waals surface area contributed by atoms with E-state index in [2.05, 4.69) is 18.8 Å². The Morgan fingerprint density at radius 3 is 2.40 bits per heavy atom. The summed E-state index contributed by atoms with van der Waals surface area (Å²) in [6, 6.07) is 6.62. The number of benzene rings is 1.